The van der Waals surface area contributed by atoms with Crippen molar-refractivity contribution >= 4 is 23.2 Å². The maximum atomic E-state index is 12.0. The van der Waals surface area contributed by atoms with Crippen molar-refractivity contribution in [3.63, 3.8) is 0 Å². The second kappa shape index (κ2) is 6.27. The van der Waals surface area contributed by atoms with Gasteiger partial charge in [0.05, 0.1) is 10.7 Å². The molecule has 0 aliphatic carbocycles. The molecule has 3 rings (SSSR count). The monoisotopic (exact) mass is 321 g/mol. The third-order valence-electron chi connectivity index (χ3n) is 3.28. The molecule has 1 aliphatic heterocycles. The number of carbonyl (C=O) groups excluding carboxylic acids is 1. The summed E-state index contributed by atoms with van der Waals surface area (Å²) < 4.78 is 12.6. The minimum Gasteiger partial charge on any atom is -0.486 e. The van der Waals surface area contributed by atoms with Crippen LogP contribution in [0.3, 0.4) is 0 Å². The Labute approximate surface area is 133 Å². The number of halogens is 1. The van der Waals surface area contributed by atoms with Gasteiger partial charge in [-0.3, -0.25) is 9.48 Å². The van der Waals surface area contributed by atoms with Crippen LogP contribution in [0.5, 0.6) is 11.5 Å². The molecule has 0 atom stereocenters. The van der Waals surface area contributed by atoms with Crippen LogP contribution < -0.4 is 14.8 Å². The molecular formula is C15H16ClN3O3. The first-order valence-corrected chi connectivity index (χ1v) is 7.38. The van der Waals surface area contributed by atoms with Crippen LogP contribution in [-0.2, 0) is 11.3 Å². The number of hydrogen-bond acceptors (Lipinski definition) is 4. The smallest absolute Gasteiger partial charge is 0.226 e. The van der Waals surface area contributed by atoms with E-state index in [1.165, 1.54) is 0 Å². The largest absolute Gasteiger partial charge is 0.486 e. The quantitative estimate of drug-likeness (QED) is 0.940. The van der Waals surface area contributed by atoms with Gasteiger partial charge in [-0.15, -0.1) is 0 Å². The Bertz CT molecular complexity index is 680. The van der Waals surface area contributed by atoms with Gasteiger partial charge >= 0.3 is 0 Å². The molecule has 1 aromatic carbocycles. The van der Waals surface area contributed by atoms with Gasteiger partial charge in [0, 0.05) is 30.9 Å². The van der Waals surface area contributed by atoms with E-state index < -0.39 is 0 Å². The van der Waals surface area contributed by atoms with E-state index in [0.717, 1.165) is 5.69 Å². The van der Waals surface area contributed by atoms with Gasteiger partial charge in [0.15, 0.2) is 11.5 Å². The van der Waals surface area contributed by atoms with Gasteiger partial charge in [-0.25, -0.2) is 0 Å². The fraction of sp³-hybridized carbons (Fsp3) is 0.333. The van der Waals surface area contributed by atoms with Crippen molar-refractivity contribution < 1.29 is 14.3 Å². The first-order chi connectivity index (χ1) is 10.6. The van der Waals surface area contributed by atoms with Crippen molar-refractivity contribution in [1.29, 1.82) is 0 Å². The fourth-order valence-electron chi connectivity index (χ4n) is 2.17. The summed E-state index contributed by atoms with van der Waals surface area (Å²) in [5.41, 5.74) is 1.44. The van der Waals surface area contributed by atoms with Crippen molar-refractivity contribution in [1.82, 2.24) is 9.78 Å². The standard InChI is InChI=1S/C15H16ClN3O3/c1-10-12(16)9-19(18-10)5-4-15(20)17-11-2-3-13-14(8-11)22-7-6-21-13/h2-3,8-9H,4-7H2,1H3,(H,17,20). The molecule has 0 saturated carbocycles. The van der Waals surface area contributed by atoms with Crippen molar-refractivity contribution in [3.05, 3.63) is 35.1 Å². The number of carbonyl (C=O) groups is 1. The summed E-state index contributed by atoms with van der Waals surface area (Å²) in [5, 5.41) is 7.65. The highest BCUT2D eigenvalue weighted by molar-refractivity contribution is 6.31. The molecule has 116 valence electrons. The SMILES string of the molecule is Cc1nn(CCC(=O)Nc2ccc3c(c2)OCCO3)cc1Cl. The third-order valence-corrected chi connectivity index (χ3v) is 3.65. The highest BCUT2D eigenvalue weighted by Crippen LogP contribution is 2.32. The lowest BCUT2D eigenvalue weighted by molar-refractivity contribution is -0.116. The molecule has 7 heteroatoms. The average molecular weight is 322 g/mol. The van der Waals surface area contributed by atoms with Gasteiger partial charge < -0.3 is 14.8 Å². The summed E-state index contributed by atoms with van der Waals surface area (Å²) in [6.07, 6.45) is 2.03. The van der Waals surface area contributed by atoms with E-state index in [1.807, 2.05) is 6.92 Å². The summed E-state index contributed by atoms with van der Waals surface area (Å²) in [6.45, 7) is 3.37. The van der Waals surface area contributed by atoms with E-state index in [0.29, 0.717) is 48.4 Å². The normalized spacial score (nSPS) is 13.0. The second-order valence-corrected chi connectivity index (χ2v) is 5.39. The number of nitrogens with one attached hydrogen (secondary N) is 1. The second-order valence-electron chi connectivity index (χ2n) is 4.98. The van der Waals surface area contributed by atoms with Crippen LogP contribution in [0.15, 0.2) is 24.4 Å². The lowest BCUT2D eigenvalue weighted by atomic mass is 10.2. The zero-order valence-electron chi connectivity index (χ0n) is 12.1. The number of nitrogens with zero attached hydrogens (tertiary/aromatic N) is 2. The average Bonchev–Trinajstić information content (AvgIpc) is 2.84. The molecule has 1 amide bonds. The van der Waals surface area contributed by atoms with Crippen molar-refractivity contribution in [2.24, 2.45) is 0 Å². The summed E-state index contributed by atoms with van der Waals surface area (Å²) in [6, 6.07) is 5.35. The molecule has 0 unspecified atom stereocenters. The molecule has 2 aromatic rings. The Balaban J connectivity index is 1.57. The minimum atomic E-state index is -0.0963. The Morgan fingerprint density at radius 2 is 2.14 bits per heavy atom. The maximum Gasteiger partial charge on any atom is 0.226 e. The highest BCUT2D eigenvalue weighted by Gasteiger charge is 2.13. The van der Waals surface area contributed by atoms with Crippen LogP contribution in [0.1, 0.15) is 12.1 Å². The van der Waals surface area contributed by atoms with Gasteiger partial charge in [-0.05, 0) is 19.1 Å². The molecule has 6 nitrogen and oxygen atoms in total. The lowest BCUT2D eigenvalue weighted by Gasteiger charge is -2.19. The van der Waals surface area contributed by atoms with E-state index in [-0.39, 0.29) is 5.91 Å². The summed E-state index contributed by atoms with van der Waals surface area (Å²) >= 11 is 5.93. The molecule has 2 heterocycles. The Kier molecular flexibility index (Phi) is 4.20. The Morgan fingerprint density at radius 3 is 2.86 bits per heavy atom. The molecule has 1 aromatic heterocycles. The number of aromatic nitrogens is 2. The van der Waals surface area contributed by atoms with Crippen LogP contribution in [0.25, 0.3) is 0 Å². The molecule has 1 aliphatic rings. The molecule has 0 spiro atoms. The first-order valence-electron chi connectivity index (χ1n) is 7.01. The zero-order chi connectivity index (χ0) is 15.5. The number of fused-ring (bicyclic) bond motifs is 1. The first kappa shape index (κ1) is 14.7. The molecule has 0 saturated heterocycles. The van der Waals surface area contributed by atoms with Gasteiger partial charge in [0.2, 0.25) is 5.91 Å². The number of hydrogen-bond donors (Lipinski definition) is 1. The third kappa shape index (κ3) is 3.33. The molecule has 0 fully saturated rings. The van der Waals surface area contributed by atoms with Crippen molar-refractivity contribution in [3.8, 4) is 11.5 Å². The van der Waals surface area contributed by atoms with Gasteiger partial charge in [-0.2, -0.15) is 5.10 Å². The van der Waals surface area contributed by atoms with Crippen LogP contribution in [0.2, 0.25) is 5.02 Å². The maximum absolute atomic E-state index is 12.0. The van der Waals surface area contributed by atoms with Crippen LogP contribution in [0, 0.1) is 6.92 Å². The number of benzene rings is 1. The predicted molar refractivity (Wildman–Crippen MR) is 82.7 cm³/mol. The molecular weight excluding hydrogens is 306 g/mol. The van der Waals surface area contributed by atoms with E-state index in [2.05, 4.69) is 10.4 Å². The Morgan fingerprint density at radius 1 is 1.36 bits per heavy atom. The number of aryl methyl sites for hydroxylation is 2. The van der Waals surface area contributed by atoms with Crippen LogP contribution >= 0.6 is 11.6 Å². The summed E-state index contributed by atoms with van der Waals surface area (Å²) in [4.78, 5) is 12.0. The topological polar surface area (TPSA) is 65.4 Å². The van der Waals surface area contributed by atoms with Crippen molar-refractivity contribution in [2.75, 3.05) is 18.5 Å². The summed E-state index contributed by atoms with van der Waals surface area (Å²) in [7, 11) is 0. The number of anilines is 1. The van der Waals surface area contributed by atoms with E-state index >= 15 is 0 Å². The molecule has 22 heavy (non-hydrogen) atoms. The Hall–Kier alpha value is -2.21. The fourth-order valence-corrected chi connectivity index (χ4v) is 2.32. The number of rotatable bonds is 4. The summed E-state index contributed by atoms with van der Waals surface area (Å²) in [5.74, 6) is 1.25. The van der Waals surface area contributed by atoms with Crippen LogP contribution in [0.4, 0.5) is 5.69 Å². The van der Waals surface area contributed by atoms with E-state index in [1.54, 1.807) is 29.1 Å². The zero-order valence-corrected chi connectivity index (χ0v) is 12.9. The van der Waals surface area contributed by atoms with Gasteiger partial charge in [0.25, 0.3) is 0 Å². The van der Waals surface area contributed by atoms with Gasteiger partial charge in [-0.1, -0.05) is 11.6 Å². The molecule has 1 N–H and O–H groups in total. The number of ether oxygens (including phenoxy) is 2. The van der Waals surface area contributed by atoms with Gasteiger partial charge in [0.1, 0.15) is 13.2 Å². The van der Waals surface area contributed by atoms with E-state index in [4.69, 9.17) is 21.1 Å². The van der Waals surface area contributed by atoms with Crippen molar-refractivity contribution in [2.45, 2.75) is 19.9 Å². The molecule has 0 bridgehead atoms. The van der Waals surface area contributed by atoms with Crippen LogP contribution in [-0.4, -0.2) is 28.9 Å². The highest BCUT2D eigenvalue weighted by atomic mass is 35.5. The van der Waals surface area contributed by atoms with E-state index in [9.17, 15) is 4.79 Å². The predicted octanol–water partition coefficient (Wildman–Crippen LogP) is 2.64. The number of amides is 1. The minimum absolute atomic E-state index is 0.0963. The lowest BCUT2D eigenvalue weighted by Crippen LogP contribution is -2.17. The molecule has 0 radical (unpaired) electrons.